The van der Waals surface area contributed by atoms with Gasteiger partial charge >= 0.3 is 18.0 Å². The van der Waals surface area contributed by atoms with Crippen molar-refractivity contribution in [2.24, 2.45) is 0 Å². The van der Waals surface area contributed by atoms with Crippen LogP contribution in [-0.2, 0) is 12.6 Å². The van der Waals surface area contributed by atoms with Gasteiger partial charge in [0.15, 0.2) is 0 Å². The highest BCUT2D eigenvalue weighted by atomic mass is 19.4. The van der Waals surface area contributed by atoms with Crippen LogP contribution in [0.5, 0.6) is 0 Å². The predicted octanol–water partition coefficient (Wildman–Crippen LogP) is 3.12. The number of amides is 1. The summed E-state index contributed by atoms with van der Waals surface area (Å²) < 4.78 is 42.6. The minimum Gasteiger partial charge on any atom is -0.347 e. The van der Waals surface area contributed by atoms with Gasteiger partial charge in [-0.05, 0) is 24.3 Å². The molecule has 0 radical (unpaired) electrons. The van der Waals surface area contributed by atoms with Gasteiger partial charge in [-0.3, -0.25) is 9.78 Å². The van der Waals surface area contributed by atoms with Crippen LogP contribution in [0, 0.1) is 0 Å². The standard InChI is InChI=1S/C17H13F3N4O2/c18-17(19,20)12-6-4-11(5-7-12)14-23-16(26-24-14)15(25)22-10-8-13-3-1-2-9-21-13/h1-7,9H,8,10H2,(H,22,25). The zero-order valence-electron chi connectivity index (χ0n) is 13.3. The molecule has 3 aromatic rings. The fourth-order valence-corrected chi connectivity index (χ4v) is 2.17. The Balaban J connectivity index is 1.61. The van der Waals surface area contributed by atoms with Gasteiger partial charge in [0.05, 0.1) is 5.56 Å². The Morgan fingerprint density at radius 1 is 1.12 bits per heavy atom. The van der Waals surface area contributed by atoms with Gasteiger partial charge in [0.2, 0.25) is 5.82 Å². The van der Waals surface area contributed by atoms with Crippen LogP contribution in [0.15, 0.2) is 53.2 Å². The first-order valence-corrected chi connectivity index (χ1v) is 7.63. The summed E-state index contributed by atoms with van der Waals surface area (Å²) in [7, 11) is 0. The first kappa shape index (κ1) is 17.6. The van der Waals surface area contributed by atoms with Crippen molar-refractivity contribution < 1.29 is 22.5 Å². The lowest BCUT2D eigenvalue weighted by atomic mass is 10.1. The second-order valence-corrected chi connectivity index (χ2v) is 5.33. The van der Waals surface area contributed by atoms with E-state index in [2.05, 4.69) is 20.4 Å². The number of pyridine rings is 1. The fourth-order valence-electron chi connectivity index (χ4n) is 2.17. The number of carbonyl (C=O) groups excluding carboxylic acids is 1. The molecule has 0 saturated heterocycles. The van der Waals surface area contributed by atoms with Crippen molar-refractivity contribution in [1.82, 2.24) is 20.4 Å². The van der Waals surface area contributed by atoms with Gasteiger partial charge < -0.3 is 9.84 Å². The van der Waals surface area contributed by atoms with Crippen LogP contribution in [0.1, 0.15) is 21.9 Å². The molecule has 2 heterocycles. The van der Waals surface area contributed by atoms with E-state index in [9.17, 15) is 18.0 Å². The Kier molecular flexibility index (Phi) is 4.97. The molecule has 1 amide bonds. The summed E-state index contributed by atoms with van der Waals surface area (Å²) in [4.78, 5) is 20.0. The molecule has 134 valence electrons. The van der Waals surface area contributed by atoms with Crippen LogP contribution in [0.4, 0.5) is 13.2 Å². The molecule has 2 aromatic heterocycles. The monoisotopic (exact) mass is 362 g/mol. The normalized spacial score (nSPS) is 11.3. The Hall–Kier alpha value is -3.23. The number of benzene rings is 1. The zero-order valence-corrected chi connectivity index (χ0v) is 13.3. The third-order valence-electron chi connectivity index (χ3n) is 3.48. The molecule has 0 aliphatic heterocycles. The van der Waals surface area contributed by atoms with E-state index in [0.29, 0.717) is 18.5 Å². The molecule has 0 unspecified atom stereocenters. The Labute approximate surface area is 146 Å². The van der Waals surface area contributed by atoms with Crippen molar-refractivity contribution >= 4 is 5.91 Å². The lowest BCUT2D eigenvalue weighted by molar-refractivity contribution is -0.137. The summed E-state index contributed by atoms with van der Waals surface area (Å²) in [6.07, 6.45) is -2.23. The van der Waals surface area contributed by atoms with E-state index in [4.69, 9.17) is 4.52 Å². The number of nitrogens with zero attached hydrogens (tertiary/aromatic N) is 3. The summed E-state index contributed by atoms with van der Waals surface area (Å²) in [6.45, 7) is 0.327. The van der Waals surface area contributed by atoms with Crippen LogP contribution < -0.4 is 5.32 Å². The third-order valence-corrected chi connectivity index (χ3v) is 3.48. The van der Waals surface area contributed by atoms with Crippen LogP contribution in [0.3, 0.4) is 0 Å². The van der Waals surface area contributed by atoms with E-state index in [1.807, 2.05) is 12.1 Å². The minimum atomic E-state index is -4.42. The molecular weight excluding hydrogens is 349 g/mol. The number of hydrogen-bond acceptors (Lipinski definition) is 5. The molecule has 3 rings (SSSR count). The first-order valence-electron chi connectivity index (χ1n) is 7.63. The number of nitrogens with one attached hydrogen (secondary N) is 1. The number of rotatable bonds is 5. The maximum atomic E-state index is 12.6. The van der Waals surface area contributed by atoms with Gasteiger partial charge in [-0.15, -0.1) is 0 Å². The van der Waals surface area contributed by atoms with Crippen LogP contribution in [0.2, 0.25) is 0 Å². The molecule has 9 heteroatoms. The molecule has 0 aliphatic carbocycles. The van der Waals surface area contributed by atoms with Gasteiger partial charge in [-0.1, -0.05) is 23.4 Å². The molecule has 0 saturated carbocycles. The van der Waals surface area contributed by atoms with Crippen molar-refractivity contribution in [3.63, 3.8) is 0 Å². The van der Waals surface area contributed by atoms with Crippen molar-refractivity contribution in [3.8, 4) is 11.4 Å². The number of carbonyl (C=O) groups is 1. The predicted molar refractivity (Wildman–Crippen MR) is 85.0 cm³/mol. The third kappa shape index (κ3) is 4.24. The van der Waals surface area contributed by atoms with E-state index in [1.165, 1.54) is 12.1 Å². The van der Waals surface area contributed by atoms with Crippen molar-refractivity contribution in [2.45, 2.75) is 12.6 Å². The van der Waals surface area contributed by atoms with E-state index >= 15 is 0 Å². The summed E-state index contributed by atoms with van der Waals surface area (Å²) in [5.41, 5.74) is 0.357. The maximum absolute atomic E-state index is 12.6. The number of halogens is 3. The van der Waals surface area contributed by atoms with Crippen LogP contribution in [0.25, 0.3) is 11.4 Å². The highest BCUT2D eigenvalue weighted by Crippen LogP contribution is 2.30. The van der Waals surface area contributed by atoms with Gasteiger partial charge in [-0.2, -0.15) is 18.2 Å². The van der Waals surface area contributed by atoms with E-state index in [1.54, 1.807) is 12.3 Å². The number of alkyl halides is 3. The smallest absolute Gasteiger partial charge is 0.347 e. The molecule has 0 aliphatic rings. The maximum Gasteiger partial charge on any atom is 0.416 e. The molecule has 0 fully saturated rings. The van der Waals surface area contributed by atoms with Crippen LogP contribution >= 0.6 is 0 Å². The molecule has 26 heavy (non-hydrogen) atoms. The van der Waals surface area contributed by atoms with Gasteiger partial charge in [0.1, 0.15) is 0 Å². The molecule has 0 atom stereocenters. The summed E-state index contributed by atoms with van der Waals surface area (Å²) >= 11 is 0. The second kappa shape index (κ2) is 7.34. The summed E-state index contributed by atoms with van der Waals surface area (Å²) in [5, 5.41) is 6.24. The summed E-state index contributed by atoms with van der Waals surface area (Å²) in [5.74, 6) is -0.791. The SMILES string of the molecule is O=C(NCCc1ccccn1)c1nc(-c2ccc(C(F)(F)F)cc2)no1. The number of hydrogen-bond donors (Lipinski definition) is 1. The lowest BCUT2D eigenvalue weighted by Crippen LogP contribution is -2.26. The minimum absolute atomic E-state index is 0.0357. The molecule has 0 bridgehead atoms. The Morgan fingerprint density at radius 2 is 1.88 bits per heavy atom. The summed E-state index contributed by atoms with van der Waals surface area (Å²) in [6, 6.07) is 9.74. The van der Waals surface area contributed by atoms with Crippen molar-refractivity contribution in [1.29, 1.82) is 0 Å². The van der Waals surface area contributed by atoms with E-state index in [0.717, 1.165) is 17.8 Å². The van der Waals surface area contributed by atoms with Crippen molar-refractivity contribution in [2.75, 3.05) is 6.54 Å². The molecule has 1 N–H and O–H groups in total. The van der Waals surface area contributed by atoms with Gasteiger partial charge in [0, 0.05) is 30.4 Å². The molecule has 1 aromatic carbocycles. The Morgan fingerprint density at radius 3 is 2.54 bits per heavy atom. The van der Waals surface area contributed by atoms with E-state index in [-0.39, 0.29) is 11.7 Å². The quantitative estimate of drug-likeness (QED) is 0.754. The number of aromatic nitrogens is 3. The van der Waals surface area contributed by atoms with E-state index < -0.39 is 17.6 Å². The van der Waals surface area contributed by atoms with Gasteiger partial charge in [0.25, 0.3) is 0 Å². The zero-order chi connectivity index (χ0) is 18.6. The fraction of sp³-hybridized carbons (Fsp3) is 0.176. The first-order chi connectivity index (χ1) is 12.4. The second-order valence-electron chi connectivity index (χ2n) is 5.33. The molecule has 6 nitrogen and oxygen atoms in total. The largest absolute Gasteiger partial charge is 0.416 e. The lowest BCUT2D eigenvalue weighted by Gasteiger charge is -2.05. The van der Waals surface area contributed by atoms with Crippen LogP contribution in [-0.4, -0.2) is 27.6 Å². The average molecular weight is 362 g/mol. The van der Waals surface area contributed by atoms with Gasteiger partial charge in [-0.25, -0.2) is 0 Å². The topological polar surface area (TPSA) is 80.9 Å². The highest BCUT2D eigenvalue weighted by Gasteiger charge is 2.30. The molecular formula is C17H13F3N4O2. The molecule has 0 spiro atoms. The van der Waals surface area contributed by atoms with Crippen molar-refractivity contribution in [3.05, 3.63) is 65.8 Å². The highest BCUT2D eigenvalue weighted by molar-refractivity contribution is 5.89. The Bertz CT molecular complexity index is 877. The average Bonchev–Trinajstić information content (AvgIpc) is 3.12.